The zero-order valence-electron chi connectivity index (χ0n) is 14.4. The van der Waals surface area contributed by atoms with Crippen LogP contribution < -0.4 is 20.1 Å². The Morgan fingerprint density at radius 1 is 1.27 bits per heavy atom. The monoisotopic (exact) mass is 438 g/mol. The Labute approximate surface area is 166 Å². The summed E-state index contributed by atoms with van der Waals surface area (Å²) in [6.07, 6.45) is 2.63. The molecule has 1 aromatic heterocycles. The van der Waals surface area contributed by atoms with Gasteiger partial charge in [0.2, 0.25) is 6.79 Å². The third-order valence-corrected chi connectivity index (χ3v) is 4.56. The molecule has 1 aromatic carbocycles. The summed E-state index contributed by atoms with van der Waals surface area (Å²) in [6, 6.07) is 7.73. The lowest BCUT2D eigenvalue weighted by Gasteiger charge is -2.11. The molecule has 0 spiro atoms. The van der Waals surface area contributed by atoms with Gasteiger partial charge in [-0.2, -0.15) is 0 Å². The molecule has 3 rings (SSSR count). The van der Waals surface area contributed by atoms with Crippen molar-refractivity contribution >= 4 is 33.5 Å². The minimum absolute atomic E-state index is 0.254. The van der Waals surface area contributed by atoms with Gasteiger partial charge < -0.3 is 20.1 Å². The predicted molar refractivity (Wildman–Crippen MR) is 106 cm³/mol. The Kier molecular flexibility index (Phi) is 6.57. The normalized spacial score (nSPS) is 13.0. The molecule has 1 aliphatic heterocycles. The number of fused-ring (bicyclic) bond motifs is 1. The molecule has 2 N–H and O–H groups in total. The number of ether oxygens (including phenoxy) is 2. The molecule has 0 saturated heterocycles. The molecule has 0 fully saturated rings. The average molecular weight is 440 g/mol. The van der Waals surface area contributed by atoms with Crippen molar-refractivity contribution in [2.45, 2.75) is 19.9 Å². The number of nitrogens with zero attached hydrogens (tertiary/aromatic N) is 2. The molecular formula is C18H20BrClN4O2. The second kappa shape index (κ2) is 9.09. The maximum absolute atomic E-state index is 5.81. The molecule has 2 heterocycles. The number of nitrogens with one attached hydrogen (secondary N) is 2. The lowest BCUT2D eigenvalue weighted by molar-refractivity contribution is 0.173. The fourth-order valence-corrected chi connectivity index (χ4v) is 3.22. The van der Waals surface area contributed by atoms with E-state index in [0.29, 0.717) is 11.7 Å². The number of halogens is 2. The van der Waals surface area contributed by atoms with Crippen molar-refractivity contribution in [3.05, 3.63) is 51.2 Å². The van der Waals surface area contributed by atoms with E-state index in [0.717, 1.165) is 52.6 Å². The Bertz CT molecular complexity index is 784. The van der Waals surface area contributed by atoms with Crippen molar-refractivity contribution in [1.29, 1.82) is 0 Å². The first-order valence-corrected chi connectivity index (χ1v) is 9.53. The fourth-order valence-electron chi connectivity index (χ4n) is 2.50. The van der Waals surface area contributed by atoms with Gasteiger partial charge in [-0.05, 0) is 58.6 Å². The van der Waals surface area contributed by atoms with E-state index in [4.69, 9.17) is 21.1 Å². The van der Waals surface area contributed by atoms with Crippen LogP contribution >= 0.6 is 27.5 Å². The van der Waals surface area contributed by atoms with E-state index in [1.807, 2.05) is 25.1 Å². The number of benzene rings is 1. The first-order chi connectivity index (χ1) is 12.7. The standard InChI is InChI=1S/C18H20BrClN4O2/c1-2-21-18(22-6-5-12-3-4-16(20)23-9-12)24-10-13-7-14(19)17-15(8-13)25-11-26-17/h3-4,7-9H,2,5-6,10-11H2,1H3,(H2,21,22,24). The Hall–Kier alpha value is -1.99. The number of hydrogen-bond acceptors (Lipinski definition) is 4. The molecule has 0 radical (unpaired) electrons. The maximum Gasteiger partial charge on any atom is 0.231 e. The van der Waals surface area contributed by atoms with Gasteiger partial charge in [-0.15, -0.1) is 0 Å². The summed E-state index contributed by atoms with van der Waals surface area (Å²) in [5.41, 5.74) is 2.16. The van der Waals surface area contributed by atoms with E-state index >= 15 is 0 Å². The summed E-state index contributed by atoms with van der Waals surface area (Å²) < 4.78 is 11.7. The van der Waals surface area contributed by atoms with Gasteiger partial charge in [0.1, 0.15) is 5.15 Å². The number of rotatable bonds is 6. The Morgan fingerprint density at radius 2 is 2.15 bits per heavy atom. The average Bonchev–Trinajstić information content (AvgIpc) is 3.10. The third-order valence-electron chi connectivity index (χ3n) is 3.75. The van der Waals surface area contributed by atoms with Crippen molar-refractivity contribution in [3.8, 4) is 11.5 Å². The lowest BCUT2D eigenvalue weighted by Crippen LogP contribution is -2.38. The summed E-state index contributed by atoms with van der Waals surface area (Å²) in [7, 11) is 0. The zero-order chi connectivity index (χ0) is 18.4. The summed E-state index contributed by atoms with van der Waals surface area (Å²) in [6.45, 7) is 4.37. The van der Waals surface area contributed by atoms with Crippen LogP contribution in [-0.4, -0.2) is 30.8 Å². The molecule has 0 amide bonds. The summed E-state index contributed by atoms with van der Waals surface area (Å²) in [4.78, 5) is 8.73. The number of pyridine rings is 1. The molecule has 2 aromatic rings. The minimum Gasteiger partial charge on any atom is -0.454 e. The molecule has 138 valence electrons. The Morgan fingerprint density at radius 3 is 2.92 bits per heavy atom. The van der Waals surface area contributed by atoms with Gasteiger partial charge in [0.25, 0.3) is 0 Å². The fraction of sp³-hybridized carbons (Fsp3) is 0.333. The molecule has 8 heteroatoms. The summed E-state index contributed by atoms with van der Waals surface area (Å²) in [5.74, 6) is 2.26. The van der Waals surface area contributed by atoms with Crippen LogP contribution in [0.5, 0.6) is 11.5 Å². The first kappa shape index (κ1) is 18.8. The number of guanidine groups is 1. The van der Waals surface area contributed by atoms with Gasteiger partial charge in [0.05, 0.1) is 11.0 Å². The largest absolute Gasteiger partial charge is 0.454 e. The molecule has 26 heavy (non-hydrogen) atoms. The van der Waals surface area contributed by atoms with Gasteiger partial charge in [0, 0.05) is 19.3 Å². The van der Waals surface area contributed by atoms with Gasteiger partial charge in [-0.25, -0.2) is 9.98 Å². The second-order valence-corrected chi connectivity index (χ2v) is 6.91. The predicted octanol–water partition coefficient (Wildman–Crippen LogP) is 3.52. The lowest BCUT2D eigenvalue weighted by atomic mass is 10.2. The van der Waals surface area contributed by atoms with Gasteiger partial charge in [-0.3, -0.25) is 0 Å². The van der Waals surface area contributed by atoms with Crippen LogP contribution in [0.25, 0.3) is 0 Å². The highest BCUT2D eigenvalue weighted by Crippen LogP contribution is 2.40. The van der Waals surface area contributed by atoms with E-state index < -0.39 is 0 Å². The van der Waals surface area contributed by atoms with E-state index in [2.05, 4.69) is 36.5 Å². The molecule has 0 unspecified atom stereocenters. The van der Waals surface area contributed by atoms with Crippen LogP contribution in [0.1, 0.15) is 18.1 Å². The van der Waals surface area contributed by atoms with Crippen LogP contribution in [0.4, 0.5) is 0 Å². The topological polar surface area (TPSA) is 67.8 Å². The van der Waals surface area contributed by atoms with E-state index in [-0.39, 0.29) is 6.79 Å². The van der Waals surface area contributed by atoms with E-state index in [1.165, 1.54) is 0 Å². The van der Waals surface area contributed by atoms with Crippen LogP contribution in [0.2, 0.25) is 5.15 Å². The molecule has 6 nitrogen and oxygen atoms in total. The number of aliphatic imine (C=N–C) groups is 1. The minimum atomic E-state index is 0.254. The van der Waals surface area contributed by atoms with Crippen LogP contribution in [-0.2, 0) is 13.0 Å². The highest BCUT2D eigenvalue weighted by atomic mass is 79.9. The highest BCUT2D eigenvalue weighted by molar-refractivity contribution is 9.10. The van der Waals surface area contributed by atoms with Gasteiger partial charge in [0.15, 0.2) is 17.5 Å². The van der Waals surface area contributed by atoms with Crippen molar-refractivity contribution in [2.75, 3.05) is 19.9 Å². The van der Waals surface area contributed by atoms with Crippen molar-refractivity contribution < 1.29 is 9.47 Å². The van der Waals surface area contributed by atoms with Crippen LogP contribution in [0.3, 0.4) is 0 Å². The highest BCUT2D eigenvalue weighted by Gasteiger charge is 2.17. The van der Waals surface area contributed by atoms with Gasteiger partial charge >= 0.3 is 0 Å². The Balaban J connectivity index is 1.58. The zero-order valence-corrected chi connectivity index (χ0v) is 16.7. The second-order valence-electron chi connectivity index (χ2n) is 5.67. The smallest absolute Gasteiger partial charge is 0.231 e. The maximum atomic E-state index is 5.81. The quantitative estimate of drug-likeness (QED) is 0.409. The molecular weight excluding hydrogens is 420 g/mol. The van der Waals surface area contributed by atoms with Crippen molar-refractivity contribution in [1.82, 2.24) is 15.6 Å². The SMILES string of the molecule is CCNC(=NCc1cc(Br)c2c(c1)OCO2)NCCc1ccc(Cl)nc1. The van der Waals surface area contributed by atoms with Crippen LogP contribution in [0, 0.1) is 0 Å². The van der Waals surface area contributed by atoms with Gasteiger partial charge in [-0.1, -0.05) is 17.7 Å². The van der Waals surface area contributed by atoms with Crippen molar-refractivity contribution in [3.63, 3.8) is 0 Å². The molecule has 0 aliphatic carbocycles. The number of hydrogen-bond donors (Lipinski definition) is 2. The van der Waals surface area contributed by atoms with Crippen molar-refractivity contribution in [2.24, 2.45) is 4.99 Å². The summed E-state index contributed by atoms with van der Waals surface area (Å²) in [5, 5.41) is 7.09. The first-order valence-electron chi connectivity index (χ1n) is 8.36. The third kappa shape index (κ3) is 5.02. The molecule has 1 aliphatic rings. The van der Waals surface area contributed by atoms with E-state index in [1.54, 1.807) is 12.3 Å². The van der Waals surface area contributed by atoms with E-state index in [9.17, 15) is 0 Å². The van der Waals surface area contributed by atoms with Crippen LogP contribution in [0.15, 0.2) is 39.9 Å². The molecule has 0 atom stereocenters. The number of aromatic nitrogens is 1. The molecule has 0 bridgehead atoms. The molecule has 0 saturated carbocycles. The summed E-state index contributed by atoms with van der Waals surface area (Å²) >= 11 is 9.32.